The first-order valence-corrected chi connectivity index (χ1v) is 7.79. The van der Waals surface area contributed by atoms with Crippen LogP contribution < -0.4 is 10.2 Å². The molecule has 0 spiro atoms. The fourth-order valence-corrected chi connectivity index (χ4v) is 3.07. The van der Waals surface area contributed by atoms with Crippen LogP contribution in [-0.2, 0) is 0 Å². The summed E-state index contributed by atoms with van der Waals surface area (Å²) in [7, 11) is 0. The van der Waals surface area contributed by atoms with Crippen molar-refractivity contribution in [1.82, 2.24) is 10.3 Å². The summed E-state index contributed by atoms with van der Waals surface area (Å²) in [6.07, 6.45) is 6.15. The van der Waals surface area contributed by atoms with Gasteiger partial charge in [-0.2, -0.15) is 0 Å². The van der Waals surface area contributed by atoms with E-state index in [0.717, 1.165) is 26.1 Å². The van der Waals surface area contributed by atoms with E-state index in [2.05, 4.69) is 15.2 Å². The highest BCUT2D eigenvalue weighted by Crippen LogP contribution is 2.34. The van der Waals surface area contributed by atoms with Crippen molar-refractivity contribution in [1.29, 1.82) is 0 Å². The SMILES string of the molecule is O=[N+]([O-])c1cnc(N(CC2CC2)CC2CCCN2)c(Cl)c1. The lowest BCUT2D eigenvalue weighted by Gasteiger charge is -2.27. The molecule has 0 radical (unpaired) electrons. The van der Waals surface area contributed by atoms with Crippen molar-refractivity contribution in [2.24, 2.45) is 5.92 Å². The summed E-state index contributed by atoms with van der Waals surface area (Å²) in [6.45, 7) is 2.85. The predicted octanol–water partition coefficient (Wildman–Crippen LogP) is 2.61. The molecule has 1 aromatic heterocycles. The number of nitrogens with one attached hydrogen (secondary N) is 1. The summed E-state index contributed by atoms with van der Waals surface area (Å²) in [5.74, 6) is 1.38. The molecule has 2 fully saturated rings. The Balaban J connectivity index is 1.78. The lowest BCUT2D eigenvalue weighted by Crippen LogP contribution is -2.39. The lowest BCUT2D eigenvalue weighted by molar-refractivity contribution is -0.385. The second kappa shape index (κ2) is 6.15. The zero-order valence-electron chi connectivity index (χ0n) is 11.8. The first-order valence-electron chi connectivity index (χ1n) is 7.42. The molecule has 1 unspecified atom stereocenters. The summed E-state index contributed by atoms with van der Waals surface area (Å²) >= 11 is 6.23. The van der Waals surface area contributed by atoms with Gasteiger partial charge in [-0.3, -0.25) is 10.1 Å². The molecule has 1 saturated heterocycles. The van der Waals surface area contributed by atoms with Crippen molar-refractivity contribution < 1.29 is 4.92 Å². The Bertz CT molecular complexity index is 530. The maximum Gasteiger partial charge on any atom is 0.289 e. The van der Waals surface area contributed by atoms with Gasteiger partial charge >= 0.3 is 0 Å². The fourth-order valence-electron chi connectivity index (χ4n) is 2.79. The molecular formula is C14H19ClN4O2. The highest BCUT2D eigenvalue weighted by atomic mass is 35.5. The number of hydrogen-bond acceptors (Lipinski definition) is 5. The monoisotopic (exact) mass is 310 g/mol. The molecule has 1 aromatic rings. The Morgan fingerprint density at radius 1 is 1.43 bits per heavy atom. The van der Waals surface area contributed by atoms with E-state index in [1.165, 1.54) is 31.5 Å². The van der Waals surface area contributed by atoms with Gasteiger partial charge in [0.05, 0.1) is 9.95 Å². The third-order valence-corrected chi connectivity index (χ3v) is 4.37. The summed E-state index contributed by atoms with van der Waals surface area (Å²) in [4.78, 5) is 16.8. The standard InChI is InChI=1S/C14H19ClN4O2/c15-13-6-12(19(20)21)7-17-14(13)18(8-10-3-4-10)9-11-2-1-5-16-11/h6-7,10-11,16H,1-5,8-9H2. The number of nitrogens with zero attached hydrogens (tertiary/aromatic N) is 3. The minimum absolute atomic E-state index is 0.0610. The number of anilines is 1. The van der Waals surface area contributed by atoms with Gasteiger partial charge in [-0.1, -0.05) is 11.6 Å². The minimum Gasteiger partial charge on any atom is -0.354 e. The molecule has 0 aromatic carbocycles. The highest BCUT2D eigenvalue weighted by Gasteiger charge is 2.28. The van der Waals surface area contributed by atoms with Crippen molar-refractivity contribution in [3.05, 3.63) is 27.4 Å². The third-order valence-electron chi connectivity index (χ3n) is 4.10. The van der Waals surface area contributed by atoms with Gasteiger partial charge in [0.1, 0.15) is 12.0 Å². The van der Waals surface area contributed by atoms with E-state index in [9.17, 15) is 10.1 Å². The molecule has 1 aliphatic carbocycles. The Morgan fingerprint density at radius 3 is 2.81 bits per heavy atom. The second-order valence-electron chi connectivity index (χ2n) is 5.90. The van der Waals surface area contributed by atoms with Crippen LogP contribution in [0.2, 0.25) is 5.02 Å². The molecule has 1 atom stereocenters. The van der Waals surface area contributed by atoms with E-state index in [1.807, 2.05) is 0 Å². The maximum absolute atomic E-state index is 10.8. The van der Waals surface area contributed by atoms with Crippen molar-refractivity contribution >= 4 is 23.1 Å². The second-order valence-corrected chi connectivity index (χ2v) is 6.30. The topological polar surface area (TPSA) is 71.3 Å². The molecule has 114 valence electrons. The van der Waals surface area contributed by atoms with Crippen LogP contribution >= 0.6 is 11.6 Å². The van der Waals surface area contributed by atoms with E-state index in [-0.39, 0.29) is 5.69 Å². The summed E-state index contributed by atoms with van der Waals surface area (Å²) < 4.78 is 0. The van der Waals surface area contributed by atoms with Gasteiger partial charge in [-0.05, 0) is 38.1 Å². The molecule has 3 rings (SSSR count). The first-order chi connectivity index (χ1) is 10.1. The van der Waals surface area contributed by atoms with Gasteiger partial charge in [0.25, 0.3) is 5.69 Å². The third kappa shape index (κ3) is 3.63. The van der Waals surface area contributed by atoms with Crippen molar-refractivity contribution in [3.8, 4) is 0 Å². The maximum atomic E-state index is 10.8. The molecule has 0 bridgehead atoms. The smallest absolute Gasteiger partial charge is 0.289 e. The van der Waals surface area contributed by atoms with Gasteiger partial charge in [-0.15, -0.1) is 0 Å². The van der Waals surface area contributed by atoms with Gasteiger partial charge < -0.3 is 10.2 Å². The Labute approximate surface area is 128 Å². The molecule has 0 amide bonds. The van der Waals surface area contributed by atoms with Crippen LogP contribution in [0.15, 0.2) is 12.3 Å². The van der Waals surface area contributed by atoms with E-state index < -0.39 is 4.92 Å². The highest BCUT2D eigenvalue weighted by molar-refractivity contribution is 6.33. The average Bonchev–Trinajstić information content (AvgIpc) is 3.11. The van der Waals surface area contributed by atoms with Gasteiger partial charge in [0.15, 0.2) is 0 Å². The van der Waals surface area contributed by atoms with E-state index in [0.29, 0.717) is 22.8 Å². The lowest BCUT2D eigenvalue weighted by atomic mass is 10.2. The first kappa shape index (κ1) is 14.5. The Kier molecular flexibility index (Phi) is 4.26. The molecule has 2 heterocycles. The van der Waals surface area contributed by atoms with Gasteiger partial charge in [-0.25, -0.2) is 4.98 Å². The predicted molar refractivity (Wildman–Crippen MR) is 81.9 cm³/mol. The molecule has 7 heteroatoms. The van der Waals surface area contributed by atoms with Crippen molar-refractivity contribution in [2.75, 3.05) is 24.5 Å². The molecule has 1 aliphatic heterocycles. The van der Waals surface area contributed by atoms with Crippen LogP contribution in [0.4, 0.5) is 11.5 Å². The van der Waals surface area contributed by atoms with Crippen LogP contribution in [0.3, 0.4) is 0 Å². The fraction of sp³-hybridized carbons (Fsp3) is 0.643. The normalized spacial score (nSPS) is 21.5. The van der Waals surface area contributed by atoms with E-state index in [1.54, 1.807) is 0 Å². The molecular weight excluding hydrogens is 292 g/mol. The van der Waals surface area contributed by atoms with E-state index in [4.69, 9.17) is 11.6 Å². The summed E-state index contributed by atoms with van der Waals surface area (Å²) in [5.41, 5.74) is -0.0610. The minimum atomic E-state index is -0.466. The quantitative estimate of drug-likeness (QED) is 0.646. The van der Waals surface area contributed by atoms with Crippen LogP contribution in [0.1, 0.15) is 25.7 Å². The number of halogens is 1. The summed E-state index contributed by atoms with van der Waals surface area (Å²) in [5, 5.41) is 14.6. The molecule has 6 nitrogen and oxygen atoms in total. The molecule has 21 heavy (non-hydrogen) atoms. The Morgan fingerprint density at radius 2 is 2.24 bits per heavy atom. The number of rotatable bonds is 6. The van der Waals surface area contributed by atoms with Crippen LogP contribution in [0.25, 0.3) is 0 Å². The zero-order valence-corrected chi connectivity index (χ0v) is 12.6. The number of pyridine rings is 1. The Hall–Kier alpha value is -1.40. The van der Waals surface area contributed by atoms with E-state index >= 15 is 0 Å². The number of aromatic nitrogens is 1. The van der Waals surface area contributed by atoms with Gasteiger partial charge in [0, 0.05) is 25.2 Å². The molecule has 1 saturated carbocycles. The largest absolute Gasteiger partial charge is 0.354 e. The van der Waals surface area contributed by atoms with Crippen LogP contribution in [0.5, 0.6) is 0 Å². The average molecular weight is 311 g/mol. The van der Waals surface area contributed by atoms with Crippen molar-refractivity contribution in [2.45, 2.75) is 31.7 Å². The summed E-state index contributed by atoms with van der Waals surface area (Å²) in [6, 6.07) is 1.85. The van der Waals surface area contributed by atoms with Crippen LogP contribution in [0, 0.1) is 16.0 Å². The van der Waals surface area contributed by atoms with Crippen molar-refractivity contribution in [3.63, 3.8) is 0 Å². The zero-order chi connectivity index (χ0) is 14.8. The van der Waals surface area contributed by atoms with Crippen LogP contribution in [-0.4, -0.2) is 35.6 Å². The molecule has 2 aliphatic rings. The van der Waals surface area contributed by atoms with Gasteiger partial charge in [0.2, 0.25) is 0 Å². The number of hydrogen-bond donors (Lipinski definition) is 1. The number of nitro groups is 1. The molecule has 1 N–H and O–H groups in total.